The van der Waals surface area contributed by atoms with E-state index in [2.05, 4.69) is 20.8 Å². The van der Waals surface area contributed by atoms with Crippen LogP contribution in [-0.2, 0) is 9.53 Å². The maximum atomic E-state index is 12.2. The van der Waals surface area contributed by atoms with Crippen LogP contribution >= 0.6 is 0 Å². The van der Waals surface area contributed by atoms with Crippen molar-refractivity contribution >= 4 is 11.9 Å². The van der Waals surface area contributed by atoms with Crippen molar-refractivity contribution in [3.05, 3.63) is 47.2 Å². The van der Waals surface area contributed by atoms with E-state index in [0.717, 1.165) is 11.3 Å². The van der Waals surface area contributed by atoms with Crippen LogP contribution in [0.2, 0.25) is 0 Å². The normalized spacial score (nSPS) is 17.1. The number of allylic oxidation sites excluding steroid dienone is 1. The molecule has 1 aromatic heterocycles. The van der Waals surface area contributed by atoms with Gasteiger partial charge in [0, 0.05) is 5.70 Å². The van der Waals surface area contributed by atoms with Crippen molar-refractivity contribution in [3.8, 4) is 0 Å². The zero-order valence-corrected chi connectivity index (χ0v) is 11.8. The van der Waals surface area contributed by atoms with Crippen LogP contribution in [0, 0.1) is 0 Å². The first-order chi connectivity index (χ1) is 10.3. The molecule has 0 aliphatic carbocycles. The summed E-state index contributed by atoms with van der Waals surface area (Å²) in [6.45, 7) is 1.97. The van der Waals surface area contributed by atoms with Gasteiger partial charge in [0.05, 0.1) is 12.7 Å². The van der Waals surface area contributed by atoms with Crippen LogP contribution in [-0.4, -0.2) is 33.3 Å². The maximum absolute atomic E-state index is 12.2. The molecule has 0 saturated heterocycles. The summed E-state index contributed by atoms with van der Waals surface area (Å²) in [6.07, 6.45) is 0.653. The van der Waals surface area contributed by atoms with E-state index in [1.54, 1.807) is 4.68 Å². The smallest absolute Gasteiger partial charge is 0.338 e. The number of benzene rings is 1. The van der Waals surface area contributed by atoms with E-state index in [9.17, 15) is 4.79 Å². The lowest BCUT2D eigenvalue weighted by Crippen LogP contribution is -2.29. The molecule has 1 aliphatic rings. The Hall–Kier alpha value is -2.70. The van der Waals surface area contributed by atoms with Crippen LogP contribution in [0.3, 0.4) is 0 Å². The largest absolute Gasteiger partial charge is 0.466 e. The highest BCUT2D eigenvalue weighted by molar-refractivity contribution is 5.92. The minimum atomic E-state index is -0.389. The number of ether oxygens (including phenoxy) is 1. The van der Waals surface area contributed by atoms with Crippen molar-refractivity contribution < 1.29 is 9.53 Å². The Balaban J connectivity index is 2.20. The highest BCUT2D eigenvalue weighted by Gasteiger charge is 2.35. The summed E-state index contributed by atoms with van der Waals surface area (Å²) in [5.41, 5.74) is 2.24. The third-order valence-electron chi connectivity index (χ3n) is 3.47. The molecule has 0 bridgehead atoms. The van der Waals surface area contributed by atoms with Crippen molar-refractivity contribution in [3.63, 3.8) is 0 Å². The number of nitrogens with one attached hydrogen (secondary N) is 1. The Kier molecular flexibility index (Phi) is 3.39. The molecule has 1 atom stereocenters. The molecule has 0 saturated carbocycles. The zero-order chi connectivity index (χ0) is 14.8. The van der Waals surface area contributed by atoms with Gasteiger partial charge in [0.25, 0.3) is 0 Å². The highest BCUT2D eigenvalue weighted by atomic mass is 16.5. The first kappa shape index (κ1) is 13.3. The number of tetrazole rings is 1. The topological polar surface area (TPSA) is 81.9 Å². The van der Waals surface area contributed by atoms with E-state index in [0.29, 0.717) is 17.9 Å². The number of aromatic nitrogens is 4. The van der Waals surface area contributed by atoms with E-state index < -0.39 is 0 Å². The fourth-order valence-electron chi connectivity index (χ4n) is 2.51. The number of rotatable bonds is 3. The first-order valence-corrected chi connectivity index (χ1v) is 6.67. The molecular formula is C14H15N5O2. The van der Waals surface area contributed by atoms with Crippen LogP contribution in [0.15, 0.2) is 41.6 Å². The van der Waals surface area contributed by atoms with Crippen LogP contribution in [0.5, 0.6) is 0 Å². The molecular weight excluding hydrogens is 270 g/mol. The molecule has 1 N–H and O–H groups in total. The molecule has 2 heterocycles. The third-order valence-corrected chi connectivity index (χ3v) is 3.47. The second-order valence-corrected chi connectivity index (χ2v) is 4.62. The van der Waals surface area contributed by atoms with Gasteiger partial charge in [-0.1, -0.05) is 42.4 Å². The van der Waals surface area contributed by atoms with E-state index >= 15 is 0 Å². The van der Waals surface area contributed by atoms with Gasteiger partial charge in [-0.05, 0) is 22.4 Å². The SMILES string of the molecule is CCC1=C(C(=O)OC)[C@@H](c2ccccc2)n2nnnc2N1. The highest BCUT2D eigenvalue weighted by Crippen LogP contribution is 2.35. The minimum absolute atomic E-state index is 0.380. The molecule has 3 rings (SSSR count). The summed E-state index contributed by atoms with van der Waals surface area (Å²) in [5, 5.41) is 14.7. The molecule has 0 spiro atoms. The fraction of sp³-hybridized carbons (Fsp3) is 0.286. The predicted molar refractivity (Wildman–Crippen MR) is 75.4 cm³/mol. The summed E-state index contributed by atoms with van der Waals surface area (Å²) in [6, 6.07) is 9.26. The number of carbonyl (C=O) groups is 1. The van der Waals surface area contributed by atoms with Gasteiger partial charge in [-0.3, -0.25) is 0 Å². The van der Waals surface area contributed by atoms with E-state index in [-0.39, 0.29) is 12.0 Å². The fourth-order valence-corrected chi connectivity index (χ4v) is 2.51. The van der Waals surface area contributed by atoms with Crippen LogP contribution in [0.1, 0.15) is 24.9 Å². The molecule has 7 nitrogen and oxygen atoms in total. The summed E-state index contributed by atoms with van der Waals surface area (Å²) in [5.74, 6) is 0.141. The second kappa shape index (κ2) is 5.35. The molecule has 2 aromatic rings. The molecule has 1 aliphatic heterocycles. The van der Waals surface area contributed by atoms with Crippen LogP contribution < -0.4 is 5.32 Å². The number of anilines is 1. The molecule has 1 aromatic carbocycles. The van der Waals surface area contributed by atoms with Crippen molar-refractivity contribution in [1.82, 2.24) is 20.2 Å². The molecule has 0 radical (unpaired) electrons. The Labute approximate surface area is 121 Å². The van der Waals surface area contributed by atoms with Gasteiger partial charge in [-0.25, -0.2) is 4.79 Å². The van der Waals surface area contributed by atoms with E-state index in [1.807, 2.05) is 37.3 Å². The van der Waals surface area contributed by atoms with Gasteiger partial charge < -0.3 is 10.1 Å². The number of fused-ring (bicyclic) bond motifs is 1. The first-order valence-electron chi connectivity index (χ1n) is 6.67. The number of hydrogen-bond donors (Lipinski definition) is 1. The second-order valence-electron chi connectivity index (χ2n) is 4.62. The Morgan fingerprint density at radius 2 is 2.14 bits per heavy atom. The molecule has 21 heavy (non-hydrogen) atoms. The lowest BCUT2D eigenvalue weighted by molar-refractivity contribution is -0.136. The lowest BCUT2D eigenvalue weighted by Gasteiger charge is -2.27. The predicted octanol–water partition coefficient (Wildman–Crippen LogP) is 1.53. The van der Waals surface area contributed by atoms with Crippen molar-refractivity contribution in [2.24, 2.45) is 0 Å². The molecule has 0 unspecified atom stereocenters. The van der Waals surface area contributed by atoms with Gasteiger partial charge in [-0.15, -0.1) is 0 Å². The number of carbonyl (C=O) groups excluding carboxylic acids is 1. The molecule has 7 heteroatoms. The van der Waals surface area contributed by atoms with Gasteiger partial charge in [0.1, 0.15) is 6.04 Å². The van der Waals surface area contributed by atoms with Gasteiger partial charge in [0.15, 0.2) is 0 Å². The Morgan fingerprint density at radius 1 is 1.38 bits per heavy atom. The molecule has 0 fully saturated rings. The summed E-state index contributed by atoms with van der Waals surface area (Å²) in [4.78, 5) is 12.2. The maximum Gasteiger partial charge on any atom is 0.338 e. The van der Waals surface area contributed by atoms with Crippen molar-refractivity contribution in [1.29, 1.82) is 0 Å². The number of hydrogen-bond acceptors (Lipinski definition) is 6. The quantitative estimate of drug-likeness (QED) is 0.861. The summed E-state index contributed by atoms with van der Waals surface area (Å²) < 4.78 is 6.54. The van der Waals surface area contributed by atoms with Crippen LogP contribution in [0.25, 0.3) is 0 Å². The number of nitrogens with zero attached hydrogens (tertiary/aromatic N) is 4. The number of esters is 1. The Bertz CT molecular complexity index is 692. The standard InChI is InChI=1S/C14H15N5O2/c1-3-10-11(13(20)21-2)12(9-7-5-4-6-8-9)19-14(15-10)16-17-18-19/h4-8,12H,3H2,1-2H3,(H,15,16,18)/t12-/m1/s1. The number of methoxy groups -OCH3 is 1. The average Bonchev–Trinajstić information content (AvgIpc) is 3.01. The molecule has 108 valence electrons. The lowest BCUT2D eigenvalue weighted by atomic mass is 9.95. The molecule has 0 amide bonds. The zero-order valence-electron chi connectivity index (χ0n) is 11.8. The van der Waals surface area contributed by atoms with Gasteiger partial charge in [-0.2, -0.15) is 4.68 Å². The minimum Gasteiger partial charge on any atom is -0.466 e. The average molecular weight is 285 g/mol. The van der Waals surface area contributed by atoms with Crippen molar-refractivity contribution in [2.45, 2.75) is 19.4 Å². The summed E-state index contributed by atoms with van der Waals surface area (Å²) >= 11 is 0. The monoisotopic (exact) mass is 285 g/mol. The van der Waals surface area contributed by atoms with E-state index in [1.165, 1.54) is 7.11 Å². The summed E-state index contributed by atoms with van der Waals surface area (Å²) in [7, 11) is 1.37. The van der Waals surface area contributed by atoms with Crippen LogP contribution in [0.4, 0.5) is 5.95 Å². The third kappa shape index (κ3) is 2.16. The van der Waals surface area contributed by atoms with Crippen molar-refractivity contribution in [2.75, 3.05) is 12.4 Å². The van der Waals surface area contributed by atoms with Gasteiger partial charge >= 0.3 is 5.97 Å². The van der Waals surface area contributed by atoms with Gasteiger partial charge in [0.2, 0.25) is 5.95 Å². The van der Waals surface area contributed by atoms with E-state index in [4.69, 9.17) is 4.74 Å². The Morgan fingerprint density at radius 3 is 2.81 bits per heavy atom.